The van der Waals surface area contributed by atoms with Gasteiger partial charge in [-0.2, -0.15) is 16.9 Å². The Kier molecular flexibility index (Phi) is 1.82. The Hall–Kier alpha value is -0.615. The van der Waals surface area contributed by atoms with E-state index >= 15 is 0 Å². The van der Waals surface area contributed by atoms with Crippen molar-refractivity contribution in [2.45, 2.75) is 0 Å². The number of allylic oxidation sites excluding steroid dienone is 3. The number of hydrogen-bond acceptors (Lipinski definition) is 2. The maximum atomic E-state index is 8.29. The number of nitrogens with zero attached hydrogens (tertiary/aromatic N) is 1. The molecule has 0 N–H and O–H groups in total. The average Bonchev–Trinajstić information content (AvgIpc) is 1.90. The first-order valence-corrected chi connectivity index (χ1v) is 3.13. The zero-order valence-corrected chi connectivity index (χ0v) is 4.98. The molecule has 1 rings (SSSR count). The molecule has 3 heteroatoms. The van der Waals surface area contributed by atoms with Crippen LogP contribution in [0.3, 0.4) is 0 Å². The van der Waals surface area contributed by atoms with Gasteiger partial charge in [-0.25, -0.2) is 0 Å². The first-order valence-electron chi connectivity index (χ1n) is 2.19. The molecule has 0 bridgehead atoms. The van der Waals surface area contributed by atoms with Crippen LogP contribution >= 0.6 is 11.6 Å². The first kappa shape index (κ1) is 5.52. The third kappa shape index (κ3) is 1.18. The highest BCUT2D eigenvalue weighted by Gasteiger charge is 1.97. The molecular weight excluding hydrogens is 117 g/mol. The smallest absolute Gasteiger partial charge is 0.194 e. The van der Waals surface area contributed by atoms with Crippen molar-refractivity contribution >= 4 is 18.2 Å². The van der Waals surface area contributed by atoms with Crippen molar-refractivity contribution in [2.75, 3.05) is 0 Å². The molecule has 0 saturated carbocycles. The van der Waals surface area contributed by atoms with Crippen LogP contribution in [0.25, 0.3) is 0 Å². The fraction of sp³-hybridized carbons (Fsp3) is 0. The minimum atomic E-state index is 0.734. The van der Waals surface area contributed by atoms with Crippen molar-refractivity contribution in [3.63, 3.8) is 0 Å². The Labute approximate surface area is 53.2 Å². The quantitative estimate of drug-likeness (QED) is 0.449. The summed E-state index contributed by atoms with van der Waals surface area (Å²) in [4.78, 5) is 0. The van der Waals surface area contributed by atoms with Crippen molar-refractivity contribution < 1.29 is 0 Å². The Balaban J connectivity index is 2.67. The fourth-order valence-corrected chi connectivity index (χ4v) is 0.930. The lowest BCUT2D eigenvalue weighted by molar-refractivity contribution is 1.52. The van der Waals surface area contributed by atoms with Gasteiger partial charge in [0, 0.05) is 5.47 Å². The first-order chi connectivity index (χ1) is 3.93. The average molecular weight is 120 g/mol. The second kappa shape index (κ2) is 2.63. The molecule has 1 aliphatic rings. The molecule has 0 amide bonds. The van der Waals surface area contributed by atoms with Crippen molar-refractivity contribution in [2.24, 2.45) is 0 Å². The van der Waals surface area contributed by atoms with Crippen LogP contribution in [0, 0.1) is 11.3 Å². The van der Waals surface area contributed by atoms with E-state index in [1.165, 1.54) is 11.6 Å². The molecule has 0 spiro atoms. The van der Waals surface area contributed by atoms with Crippen LogP contribution in [0.15, 0.2) is 23.0 Å². The number of nitriles is 1. The summed E-state index contributed by atoms with van der Waals surface area (Å²) in [5, 5.41) is 10.2. The van der Waals surface area contributed by atoms with Gasteiger partial charge >= 0.3 is 0 Å². The highest BCUT2D eigenvalue weighted by Crippen LogP contribution is 2.10. The van der Waals surface area contributed by atoms with Crippen molar-refractivity contribution in [3.8, 4) is 6.07 Å². The molecule has 1 heterocycles. The molecule has 1 aliphatic heterocycles. The summed E-state index contributed by atoms with van der Waals surface area (Å²) >= 11 is 1.53. The molecule has 1 radical (unpaired) electrons. The van der Waals surface area contributed by atoms with Gasteiger partial charge in [0.15, 0.2) is 0 Å². The van der Waals surface area contributed by atoms with E-state index in [4.69, 9.17) is 5.26 Å². The van der Waals surface area contributed by atoms with Gasteiger partial charge in [0.1, 0.15) is 0 Å². The minimum Gasteiger partial charge on any atom is -0.194 e. The van der Waals surface area contributed by atoms with Crippen LogP contribution in [0.2, 0.25) is 0 Å². The van der Waals surface area contributed by atoms with Gasteiger partial charge in [0.2, 0.25) is 6.56 Å². The molecule has 0 aromatic rings. The summed E-state index contributed by atoms with van der Waals surface area (Å²) in [6.45, 7) is 1.82. The van der Waals surface area contributed by atoms with E-state index in [1.54, 1.807) is 6.08 Å². The topological polar surface area (TPSA) is 23.8 Å². The number of hydrogen-bond donors (Lipinski definition) is 0. The largest absolute Gasteiger partial charge is 0.250 e. The lowest BCUT2D eigenvalue weighted by Crippen LogP contribution is -1.88. The minimum absolute atomic E-state index is 0.734. The van der Waals surface area contributed by atoms with Crippen LogP contribution in [-0.2, 0) is 0 Å². The maximum Gasteiger partial charge on any atom is 0.250 e. The monoisotopic (exact) mass is 120 g/mol. The van der Waals surface area contributed by atoms with Gasteiger partial charge in [-0.1, -0.05) is 12.2 Å². The van der Waals surface area contributed by atoms with Crippen LogP contribution in [-0.4, -0.2) is 6.56 Å². The van der Waals surface area contributed by atoms with Gasteiger partial charge in [0.25, 0.3) is 0 Å². The lowest BCUT2D eigenvalue weighted by atomic mass is 9.95. The van der Waals surface area contributed by atoms with E-state index < -0.39 is 0 Å². The summed E-state index contributed by atoms with van der Waals surface area (Å²) in [5.74, 6) is 0. The van der Waals surface area contributed by atoms with Crippen LogP contribution < -0.4 is 0 Å². The predicted molar refractivity (Wildman–Crippen MR) is 36.2 cm³/mol. The van der Waals surface area contributed by atoms with E-state index in [1.807, 2.05) is 24.1 Å². The molecule has 8 heavy (non-hydrogen) atoms. The molecular formula is C5H3BNS. The third-order valence-electron chi connectivity index (χ3n) is 0.757. The van der Waals surface area contributed by atoms with E-state index in [9.17, 15) is 0 Å². The third-order valence-corrected chi connectivity index (χ3v) is 1.46. The Morgan fingerprint density at radius 1 is 1.75 bits per heavy atom. The Morgan fingerprint density at radius 3 is 3.00 bits per heavy atom. The second-order valence-electron chi connectivity index (χ2n) is 1.32. The van der Waals surface area contributed by atoms with Crippen molar-refractivity contribution in [1.82, 2.24) is 0 Å². The van der Waals surface area contributed by atoms with Crippen molar-refractivity contribution in [3.05, 3.63) is 23.0 Å². The lowest BCUT2D eigenvalue weighted by Gasteiger charge is -1.94. The van der Waals surface area contributed by atoms with Gasteiger partial charge in [-0.05, 0) is 5.41 Å². The predicted octanol–water partition coefficient (Wildman–Crippen LogP) is 1.27. The van der Waals surface area contributed by atoms with E-state index in [0.717, 1.165) is 5.47 Å². The Bertz CT molecular complexity index is 177. The highest BCUT2D eigenvalue weighted by molar-refractivity contribution is 8.25. The molecule has 37 valence electrons. The highest BCUT2D eigenvalue weighted by atomic mass is 32.2. The van der Waals surface area contributed by atoms with Gasteiger partial charge in [0.05, 0.1) is 6.07 Å². The number of rotatable bonds is 0. The fourth-order valence-electron chi connectivity index (χ4n) is 0.404. The SMILES string of the molecule is N#CC1=CC=CS[B]1. The molecule has 0 unspecified atom stereocenters. The van der Waals surface area contributed by atoms with Crippen LogP contribution in [0.5, 0.6) is 0 Å². The summed E-state index contributed by atoms with van der Waals surface area (Å²) in [6.07, 6.45) is 3.65. The molecule has 1 nitrogen and oxygen atoms in total. The molecule has 0 aliphatic carbocycles. The van der Waals surface area contributed by atoms with Gasteiger partial charge < -0.3 is 0 Å². The zero-order valence-electron chi connectivity index (χ0n) is 4.16. The Morgan fingerprint density at radius 2 is 2.62 bits per heavy atom. The maximum absolute atomic E-state index is 8.29. The molecule has 0 saturated heterocycles. The van der Waals surface area contributed by atoms with Crippen LogP contribution in [0.1, 0.15) is 0 Å². The van der Waals surface area contributed by atoms with Gasteiger partial charge in [-0.15, -0.1) is 0 Å². The molecule has 0 fully saturated rings. The van der Waals surface area contributed by atoms with E-state index in [-0.39, 0.29) is 0 Å². The zero-order chi connectivity index (χ0) is 5.82. The second-order valence-corrected chi connectivity index (χ2v) is 2.10. The normalized spacial score (nSPS) is 16.1. The molecule has 0 atom stereocenters. The molecule has 0 aromatic heterocycles. The van der Waals surface area contributed by atoms with Gasteiger partial charge in [-0.3, -0.25) is 0 Å². The standard InChI is InChI=1S/C5H3BNS/c7-4-5-2-1-3-8-6-5/h1-3H. The summed E-state index contributed by atoms with van der Waals surface area (Å²) in [7, 11) is 0. The summed E-state index contributed by atoms with van der Waals surface area (Å²) < 4.78 is 0. The summed E-state index contributed by atoms with van der Waals surface area (Å²) in [5.41, 5.74) is 0.734. The van der Waals surface area contributed by atoms with E-state index in [0.29, 0.717) is 0 Å². The van der Waals surface area contributed by atoms with Crippen LogP contribution in [0.4, 0.5) is 0 Å². The van der Waals surface area contributed by atoms with Crippen molar-refractivity contribution in [1.29, 1.82) is 5.26 Å². The molecule has 0 aromatic carbocycles. The summed E-state index contributed by atoms with van der Waals surface area (Å²) in [6, 6.07) is 2.04. The van der Waals surface area contributed by atoms with E-state index in [2.05, 4.69) is 0 Å².